The smallest absolute Gasteiger partial charge is 0.0530 e. The van der Waals surface area contributed by atoms with E-state index in [4.69, 9.17) is 0 Å². The third-order valence-electron chi connectivity index (χ3n) is 6.74. The highest BCUT2D eigenvalue weighted by molar-refractivity contribution is 5.17. The summed E-state index contributed by atoms with van der Waals surface area (Å²) in [6.45, 7) is 21.6. The Balaban J connectivity index is 0.000000281. The predicted molar refractivity (Wildman–Crippen MR) is 192 cm³/mol. The Morgan fingerprint density at radius 1 is 0.356 bits per heavy atom. The van der Waals surface area contributed by atoms with E-state index >= 15 is 0 Å². The molecule has 0 radical (unpaired) electrons. The van der Waals surface area contributed by atoms with Gasteiger partial charge < -0.3 is 0 Å². The lowest BCUT2D eigenvalue weighted by Crippen LogP contribution is -1.88. The van der Waals surface area contributed by atoms with Crippen molar-refractivity contribution in [1.82, 2.24) is 25.1 Å². The summed E-state index contributed by atoms with van der Waals surface area (Å²) in [6, 6.07) is 26.7. The summed E-state index contributed by atoms with van der Waals surface area (Å²) < 4.78 is 0. The SMILES string of the molecule is CC(C)c1ccccc1.CC(C)c1ccccn1.CC(C)c1cccnc1.CC(C)c1ccncc1.CC(C)c1ccnnc1. The minimum atomic E-state index is 0.547. The van der Waals surface area contributed by atoms with Gasteiger partial charge in [0.2, 0.25) is 0 Å². The van der Waals surface area contributed by atoms with E-state index in [1.807, 2.05) is 73.3 Å². The Bertz CT molecular complexity index is 1090. The Kier molecular flexibility index (Phi) is 20.0. The van der Waals surface area contributed by atoms with E-state index in [0.29, 0.717) is 29.6 Å². The molecule has 0 aliphatic carbocycles. The highest BCUT2D eigenvalue weighted by Gasteiger charge is 1.97. The lowest BCUT2D eigenvalue weighted by molar-refractivity contribution is 0.823. The molecule has 5 aromatic rings. The fraction of sp³-hybridized carbons (Fsp3) is 0.375. The second kappa shape index (κ2) is 23.2. The van der Waals surface area contributed by atoms with Gasteiger partial charge in [0.25, 0.3) is 0 Å². The number of nitrogens with zero attached hydrogens (tertiary/aromatic N) is 5. The van der Waals surface area contributed by atoms with Gasteiger partial charge in [0.15, 0.2) is 0 Å². The lowest BCUT2D eigenvalue weighted by Gasteiger charge is -2.01. The van der Waals surface area contributed by atoms with E-state index in [-0.39, 0.29) is 0 Å². The van der Waals surface area contributed by atoms with E-state index in [0.717, 1.165) is 5.69 Å². The molecule has 0 saturated heterocycles. The molecule has 0 bridgehead atoms. The Morgan fingerprint density at radius 2 is 0.867 bits per heavy atom. The average molecular weight is 606 g/mol. The molecule has 240 valence electrons. The number of hydrogen-bond donors (Lipinski definition) is 0. The van der Waals surface area contributed by atoms with Gasteiger partial charge in [-0.25, -0.2) is 0 Å². The molecule has 0 fully saturated rings. The highest BCUT2D eigenvalue weighted by Crippen LogP contribution is 2.13. The second-order valence-corrected chi connectivity index (χ2v) is 12.2. The van der Waals surface area contributed by atoms with Crippen LogP contribution in [0.2, 0.25) is 0 Å². The van der Waals surface area contributed by atoms with Crippen molar-refractivity contribution in [2.45, 2.75) is 98.8 Å². The molecule has 45 heavy (non-hydrogen) atoms. The summed E-state index contributed by atoms with van der Waals surface area (Å²) in [7, 11) is 0. The van der Waals surface area contributed by atoms with Crippen molar-refractivity contribution in [3.05, 3.63) is 150 Å². The van der Waals surface area contributed by atoms with Crippen LogP contribution >= 0.6 is 0 Å². The Hall–Kier alpha value is -4.25. The first-order valence-electron chi connectivity index (χ1n) is 16.0. The predicted octanol–water partition coefficient (Wildman–Crippen LogP) is 11.0. The molecule has 0 unspecified atom stereocenters. The molecule has 4 heterocycles. The van der Waals surface area contributed by atoms with Crippen LogP contribution in [0.15, 0.2) is 122 Å². The van der Waals surface area contributed by atoms with Crippen LogP contribution in [0.25, 0.3) is 0 Å². The van der Waals surface area contributed by atoms with Crippen molar-refractivity contribution in [3.63, 3.8) is 0 Å². The van der Waals surface area contributed by atoms with Crippen LogP contribution in [0.4, 0.5) is 0 Å². The van der Waals surface area contributed by atoms with Gasteiger partial charge in [-0.1, -0.05) is 112 Å². The summed E-state index contributed by atoms with van der Waals surface area (Å²) >= 11 is 0. The van der Waals surface area contributed by atoms with Gasteiger partial charge in [-0.05, 0) is 88.2 Å². The minimum absolute atomic E-state index is 0.547. The minimum Gasteiger partial charge on any atom is -0.265 e. The fourth-order valence-electron chi connectivity index (χ4n) is 3.66. The largest absolute Gasteiger partial charge is 0.265 e. The maximum atomic E-state index is 4.18. The van der Waals surface area contributed by atoms with Crippen LogP contribution in [0.1, 0.15) is 127 Å². The summed E-state index contributed by atoms with van der Waals surface area (Å²) in [6.07, 6.45) is 12.7. The number of hydrogen-bond acceptors (Lipinski definition) is 5. The zero-order valence-corrected chi connectivity index (χ0v) is 29.2. The van der Waals surface area contributed by atoms with Crippen LogP contribution < -0.4 is 0 Å². The summed E-state index contributed by atoms with van der Waals surface area (Å²) in [5, 5.41) is 7.43. The van der Waals surface area contributed by atoms with Crippen LogP contribution in [-0.4, -0.2) is 25.1 Å². The van der Waals surface area contributed by atoms with E-state index < -0.39 is 0 Å². The number of benzene rings is 1. The first-order valence-corrected chi connectivity index (χ1v) is 16.0. The maximum absolute atomic E-state index is 4.18. The van der Waals surface area contributed by atoms with Gasteiger partial charge in [0, 0.05) is 42.9 Å². The highest BCUT2D eigenvalue weighted by atomic mass is 15.1. The molecule has 0 saturated carbocycles. The molecule has 5 heteroatoms. The molecule has 5 nitrogen and oxygen atoms in total. The van der Waals surface area contributed by atoms with E-state index in [1.165, 1.54) is 22.3 Å². The molecule has 0 aliphatic heterocycles. The van der Waals surface area contributed by atoms with Crippen LogP contribution in [0, 0.1) is 0 Å². The van der Waals surface area contributed by atoms with E-state index in [2.05, 4.69) is 125 Å². The monoisotopic (exact) mass is 605 g/mol. The zero-order chi connectivity index (χ0) is 33.5. The third kappa shape index (κ3) is 18.2. The van der Waals surface area contributed by atoms with Gasteiger partial charge in [-0.2, -0.15) is 10.2 Å². The molecule has 4 aromatic heterocycles. The molecule has 0 N–H and O–H groups in total. The van der Waals surface area contributed by atoms with Crippen molar-refractivity contribution in [2.75, 3.05) is 0 Å². The standard InChI is InChI=1S/C9H12.3C8H11N.C7H10N2/c1-8(2)9-6-4-3-5-7-9;1-7(2)8-3-5-9-6-4-8;1-7(2)8-4-3-5-9-6-8;1-7(2)8-5-3-4-6-9-8;1-6(2)7-3-4-8-9-5-7/h3-8H,1-2H3;3*3-7H,1-2H3;3-6H,1-2H3. The second-order valence-electron chi connectivity index (χ2n) is 12.2. The molecular weight excluding hydrogens is 550 g/mol. The quantitative estimate of drug-likeness (QED) is 0.199. The van der Waals surface area contributed by atoms with Gasteiger partial charge in [0.05, 0.1) is 6.20 Å². The van der Waals surface area contributed by atoms with Crippen molar-refractivity contribution in [1.29, 1.82) is 0 Å². The van der Waals surface area contributed by atoms with Crippen LogP contribution in [-0.2, 0) is 0 Å². The average Bonchev–Trinajstić information content (AvgIpc) is 3.08. The first kappa shape index (κ1) is 38.8. The van der Waals surface area contributed by atoms with Crippen LogP contribution in [0.3, 0.4) is 0 Å². The van der Waals surface area contributed by atoms with Crippen LogP contribution in [0.5, 0.6) is 0 Å². The fourth-order valence-corrected chi connectivity index (χ4v) is 3.66. The zero-order valence-electron chi connectivity index (χ0n) is 29.2. The number of pyridine rings is 3. The maximum Gasteiger partial charge on any atom is 0.0530 e. The van der Waals surface area contributed by atoms with E-state index in [1.54, 1.807) is 18.6 Å². The molecular formula is C40H55N5. The van der Waals surface area contributed by atoms with Gasteiger partial charge in [0.1, 0.15) is 0 Å². The van der Waals surface area contributed by atoms with Gasteiger partial charge in [-0.3, -0.25) is 15.0 Å². The topological polar surface area (TPSA) is 64.5 Å². The first-order chi connectivity index (χ1) is 21.5. The third-order valence-corrected chi connectivity index (χ3v) is 6.74. The molecule has 0 amide bonds. The molecule has 0 aliphatic rings. The van der Waals surface area contributed by atoms with Gasteiger partial charge >= 0.3 is 0 Å². The van der Waals surface area contributed by atoms with Crippen molar-refractivity contribution < 1.29 is 0 Å². The Labute approximate surface area is 273 Å². The number of aromatic nitrogens is 5. The molecule has 0 spiro atoms. The van der Waals surface area contributed by atoms with Crippen molar-refractivity contribution in [3.8, 4) is 0 Å². The van der Waals surface area contributed by atoms with E-state index in [9.17, 15) is 0 Å². The summed E-state index contributed by atoms with van der Waals surface area (Å²) in [5.41, 5.74) is 6.47. The van der Waals surface area contributed by atoms with Crippen molar-refractivity contribution in [2.24, 2.45) is 0 Å². The Morgan fingerprint density at radius 3 is 1.20 bits per heavy atom. The van der Waals surface area contributed by atoms with Gasteiger partial charge in [-0.15, -0.1) is 0 Å². The summed E-state index contributed by atoms with van der Waals surface area (Å²) in [5.74, 6) is 2.98. The molecule has 0 atom stereocenters. The lowest BCUT2D eigenvalue weighted by atomic mass is 10.0. The number of rotatable bonds is 5. The van der Waals surface area contributed by atoms with Crippen molar-refractivity contribution >= 4 is 0 Å². The summed E-state index contributed by atoms with van der Waals surface area (Å²) in [4.78, 5) is 12.1. The molecule has 1 aromatic carbocycles. The molecule has 5 rings (SSSR count). The normalized spacial score (nSPS) is 10.1.